The molecule has 214 valence electrons. The maximum absolute atomic E-state index is 5.78. The van der Waals surface area contributed by atoms with E-state index >= 15 is 0 Å². The normalized spacial score (nSPS) is 10.6. The Labute approximate surface area is 249 Å². The maximum atomic E-state index is 5.78. The van der Waals surface area contributed by atoms with Gasteiger partial charge >= 0.3 is 0 Å². The first-order valence-electron chi connectivity index (χ1n) is 14.0. The quantitative estimate of drug-likeness (QED) is 0.121. The highest BCUT2D eigenvalue weighted by molar-refractivity contribution is 5.48. The van der Waals surface area contributed by atoms with E-state index in [9.17, 15) is 0 Å². The Balaban J connectivity index is 1.82. The van der Waals surface area contributed by atoms with Gasteiger partial charge in [0.25, 0.3) is 0 Å². The van der Waals surface area contributed by atoms with Gasteiger partial charge in [0.1, 0.15) is 49.4 Å². The largest absolute Gasteiger partial charge is 0.490 e. The zero-order chi connectivity index (χ0) is 29.6. The average molecular weight is 559 g/mol. The lowest BCUT2D eigenvalue weighted by Crippen LogP contribution is -2.15. The van der Waals surface area contributed by atoms with Crippen LogP contribution >= 0.6 is 0 Å². The van der Waals surface area contributed by atoms with Crippen LogP contribution in [-0.4, -0.2) is 26.4 Å². The van der Waals surface area contributed by atoms with Crippen molar-refractivity contribution in [1.82, 2.24) is 0 Å². The molecule has 0 aliphatic carbocycles. The van der Waals surface area contributed by atoms with Gasteiger partial charge in [0, 0.05) is 11.8 Å². The topological polar surface area (TPSA) is 36.9 Å². The van der Waals surface area contributed by atoms with Gasteiger partial charge in [-0.15, -0.1) is 0 Å². The third-order valence-electron chi connectivity index (χ3n) is 6.76. The molecular formula is C38H38O4. The number of hydrogen-bond acceptors (Lipinski definition) is 4. The maximum Gasteiger partial charge on any atom is 0.119 e. The van der Waals surface area contributed by atoms with Crippen molar-refractivity contribution in [3.63, 3.8) is 0 Å². The molecule has 42 heavy (non-hydrogen) atoms. The molecular weight excluding hydrogens is 520 g/mol. The molecule has 0 N–H and O–H groups in total. The Morgan fingerprint density at radius 2 is 0.548 bits per heavy atom. The first kappa shape index (κ1) is 30.0. The van der Waals surface area contributed by atoms with Gasteiger partial charge in [-0.25, -0.2) is 0 Å². The highest BCUT2D eigenvalue weighted by atomic mass is 16.5. The van der Waals surface area contributed by atoms with Gasteiger partial charge in [-0.1, -0.05) is 99.2 Å². The van der Waals surface area contributed by atoms with E-state index in [-0.39, 0.29) is 11.8 Å². The van der Waals surface area contributed by atoms with Gasteiger partial charge in [-0.05, 0) is 70.8 Å². The van der Waals surface area contributed by atoms with Crippen LogP contribution in [0.25, 0.3) is 0 Å². The first-order chi connectivity index (χ1) is 20.7. The second-order valence-corrected chi connectivity index (χ2v) is 9.63. The standard InChI is InChI=1S/C38H38O4/c1-5-25-39-33-17-9-29(10-18-33)37(30-11-19-34(20-12-30)40-26-6-2)38(31-13-21-35(22-14-31)41-27-7-3)32-15-23-36(24-16-32)42-28-8-4/h5-24,37-38H,1-4,25-28H2. The van der Waals surface area contributed by atoms with Crippen molar-refractivity contribution < 1.29 is 18.9 Å². The molecule has 0 unspecified atom stereocenters. The van der Waals surface area contributed by atoms with Crippen LogP contribution in [0, 0.1) is 0 Å². The highest BCUT2D eigenvalue weighted by Gasteiger charge is 2.29. The summed E-state index contributed by atoms with van der Waals surface area (Å²) >= 11 is 0. The van der Waals surface area contributed by atoms with Crippen molar-refractivity contribution >= 4 is 0 Å². The van der Waals surface area contributed by atoms with Crippen molar-refractivity contribution in [1.29, 1.82) is 0 Å². The Hall–Kier alpha value is -4.96. The van der Waals surface area contributed by atoms with Crippen LogP contribution in [0.3, 0.4) is 0 Å². The fraction of sp³-hybridized carbons (Fsp3) is 0.158. The van der Waals surface area contributed by atoms with E-state index in [1.165, 1.54) is 0 Å². The zero-order valence-corrected chi connectivity index (χ0v) is 24.0. The molecule has 4 rings (SSSR count). The van der Waals surface area contributed by atoms with Crippen LogP contribution in [0.2, 0.25) is 0 Å². The molecule has 0 saturated heterocycles. The average Bonchev–Trinajstić information content (AvgIpc) is 3.04. The van der Waals surface area contributed by atoms with Crippen molar-refractivity contribution in [3.8, 4) is 23.0 Å². The van der Waals surface area contributed by atoms with Crippen molar-refractivity contribution in [2.45, 2.75) is 11.8 Å². The molecule has 0 heterocycles. The molecule has 4 aromatic carbocycles. The van der Waals surface area contributed by atoms with Gasteiger partial charge in [-0.2, -0.15) is 0 Å². The van der Waals surface area contributed by atoms with Gasteiger partial charge in [0.05, 0.1) is 0 Å². The highest BCUT2D eigenvalue weighted by Crippen LogP contribution is 2.44. The summed E-state index contributed by atoms with van der Waals surface area (Å²) in [5.74, 6) is 3.16. The number of hydrogen-bond donors (Lipinski definition) is 0. The minimum atomic E-state index is -0.0215. The van der Waals surface area contributed by atoms with E-state index in [1.807, 2.05) is 48.5 Å². The molecule has 0 aliphatic rings. The Bertz CT molecular complexity index is 1190. The van der Waals surface area contributed by atoms with Crippen molar-refractivity contribution in [3.05, 3.63) is 170 Å². The van der Waals surface area contributed by atoms with Gasteiger partial charge in [0.15, 0.2) is 0 Å². The minimum absolute atomic E-state index is 0.0215. The van der Waals surface area contributed by atoms with Crippen molar-refractivity contribution in [2.75, 3.05) is 26.4 Å². The molecule has 0 amide bonds. The molecule has 0 aromatic heterocycles. The lowest BCUT2D eigenvalue weighted by molar-refractivity contribution is 0.362. The summed E-state index contributed by atoms with van der Waals surface area (Å²) in [5.41, 5.74) is 4.63. The molecule has 0 bridgehead atoms. The third kappa shape index (κ3) is 8.05. The predicted molar refractivity (Wildman–Crippen MR) is 172 cm³/mol. The summed E-state index contributed by atoms with van der Waals surface area (Å²) in [6, 6.07) is 33.3. The second kappa shape index (κ2) is 15.7. The van der Waals surface area contributed by atoms with Crippen LogP contribution in [-0.2, 0) is 0 Å². The molecule has 0 saturated carbocycles. The summed E-state index contributed by atoms with van der Waals surface area (Å²) in [4.78, 5) is 0. The molecule has 0 radical (unpaired) electrons. The van der Waals surface area contributed by atoms with E-state index in [1.54, 1.807) is 24.3 Å². The van der Waals surface area contributed by atoms with E-state index in [0.29, 0.717) is 26.4 Å². The molecule has 4 nitrogen and oxygen atoms in total. The summed E-state index contributed by atoms with van der Waals surface area (Å²) in [5, 5.41) is 0. The minimum Gasteiger partial charge on any atom is -0.490 e. The molecule has 4 heteroatoms. The van der Waals surface area contributed by atoms with Crippen LogP contribution in [0.1, 0.15) is 34.1 Å². The predicted octanol–water partition coefficient (Wildman–Crippen LogP) is 8.91. The van der Waals surface area contributed by atoms with Gasteiger partial charge in [-0.3, -0.25) is 0 Å². The van der Waals surface area contributed by atoms with Crippen LogP contribution in [0.5, 0.6) is 23.0 Å². The molecule has 4 aromatic rings. The molecule has 0 aliphatic heterocycles. The Morgan fingerprint density at radius 3 is 0.714 bits per heavy atom. The first-order valence-corrected chi connectivity index (χ1v) is 14.0. The van der Waals surface area contributed by atoms with Crippen molar-refractivity contribution in [2.24, 2.45) is 0 Å². The van der Waals surface area contributed by atoms with Crippen LogP contribution in [0.4, 0.5) is 0 Å². The SMILES string of the molecule is C=CCOc1ccc(C(c2ccc(OCC=C)cc2)C(c2ccc(OCC=C)cc2)c2ccc(OCC=C)cc2)cc1. The fourth-order valence-corrected chi connectivity index (χ4v) is 4.86. The Morgan fingerprint density at radius 1 is 0.357 bits per heavy atom. The molecule has 0 atom stereocenters. The summed E-state index contributed by atoms with van der Waals surface area (Å²) in [7, 11) is 0. The number of rotatable bonds is 17. The smallest absolute Gasteiger partial charge is 0.119 e. The summed E-state index contributed by atoms with van der Waals surface area (Å²) < 4.78 is 23.1. The Kier molecular flexibility index (Phi) is 11.2. The third-order valence-corrected chi connectivity index (χ3v) is 6.76. The van der Waals surface area contributed by atoms with Crippen LogP contribution in [0.15, 0.2) is 148 Å². The summed E-state index contributed by atoms with van der Waals surface area (Å²) in [6.45, 7) is 16.8. The van der Waals surface area contributed by atoms with Gasteiger partial charge < -0.3 is 18.9 Å². The second-order valence-electron chi connectivity index (χ2n) is 9.63. The van der Waals surface area contributed by atoms with E-state index in [2.05, 4.69) is 74.8 Å². The lowest BCUT2D eigenvalue weighted by Gasteiger charge is -2.30. The number of ether oxygens (including phenoxy) is 4. The van der Waals surface area contributed by atoms with Gasteiger partial charge in [0.2, 0.25) is 0 Å². The van der Waals surface area contributed by atoms with E-state index in [0.717, 1.165) is 45.3 Å². The summed E-state index contributed by atoms with van der Waals surface area (Å²) in [6.07, 6.45) is 6.97. The number of benzene rings is 4. The lowest BCUT2D eigenvalue weighted by atomic mass is 9.73. The van der Waals surface area contributed by atoms with E-state index in [4.69, 9.17) is 18.9 Å². The van der Waals surface area contributed by atoms with E-state index < -0.39 is 0 Å². The zero-order valence-electron chi connectivity index (χ0n) is 24.0. The molecule has 0 fully saturated rings. The molecule has 0 spiro atoms. The fourth-order valence-electron chi connectivity index (χ4n) is 4.86. The monoisotopic (exact) mass is 558 g/mol. The van der Waals surface area contributed by atoms with Crippen LogP contribution < -0.4 is 18.9 Å².